The van der Waals surface area contributed by atoms with Crippen LogP contribution >= 0.6 is 0 Å². The SMILES string of the molecule is CC1CN(c2ccc(NC(=O)c3cccc(COc4ccccc4C(N)=O)c3)cn2)CC(C)O1. The van der Waals surface area contributed by atoms with Gasteiger partial charge in [-0.2, -0.15) is 0 Å². The molecule has 0 bridgehead atoms. The first-order valence-electron chi connectivity index (χ1n) is 11.2. The van der Waals surface area contributed by atoms with Gasteiger partial charge >= 0.3 is 0 Å². The molecule has 2 heterocycles. The number of nitrogens with two attached hydrogens (primary N) is 1. The number of pyridine rings is 1. The minimum Gasteiger partial charge on any atom is -0.488 e. The van der Waals surface area contributed by atoms with Gasteiger partial charge in [0.2, 0.25) is 0 Å². The zero-order valence-corrected chi connectivity index (χ0v) is 19.2. The molecule has 0 radical (unpaired) electrons. The van der Waals surface area contributed by atoms with Crippen LogP contribution in [0.2, 0.25) is 0 Å². The van der Waals surface area contributed by atoms with E-state index in [0.29, 0.717) is 22.6 Å². The van der Waals surface area contributed by atoms with E-state index >= 15 is 0 Å². The Labute approximate surface area is 198 Å². The summed E-state index contributed by atoms with van der Waals surface area (Å²) >= 11 is 0. The number of amides is 2. The summed E-state index contributed by atoms with van der Waals surface area (Å²) in [5.41, 5.74) is 7.60. The molecule has 1 saturated heterocycles. The average Bonchev–Trinajstić information content (AvgIpc) is 2.83. The third-order valence-corrected chi connectivity index (χ3v) is 5.49. The number of nitrogens with zero attached hydrogens (tertiary/aromatic N) is 2. The quantitative estimate of drug-likeness (QED) is 0.558. The number of hydrogen-bond donors (Lipinski definition) is 2. The lowest BCUT2D eigenvalue weighted by Gasteiger charge is -2.36. The molecule has 176 valence electrons. The van der Waals surface area contributed by atoms with E-state index in [4.69, 9.17) is 15.2 Å². The fourth-order valence-corrected chi connectivity index (χ4v) is 3.97. The molecule has 2 unspecified atom stereocenters. The standard InChI is InChI=1S/C26H28N4O4/c1-17-14-30(15-18(2)34-17)24-11-10-21(13-28-24)29-26(32)20-7-5-6-19(12-20)16-33-23-9-4-3-8-22(23)25(27)31/h3-13,17-18H,14-16H2,1-2H3,(H2,27,31)(H,29,32). The van der Waals surface area contributed by atoms with Gasteiger partial charge in [0, 0.05) is 18.7 Å². The van der Waals surface area contributed by atoms with E-state index < -0.39 is 5.91 Å². The molecule has 2 amide bonds. The lowest BCUT2D eigenvalue weighted by molar-refractivity contribution is -0.00546. The number of carbonyl (C=O) groups is 2. The highest BCUT2D eigenvalue weighted by atomic mass is 16.5. The molecule has 34 heavy (non-hydrogen) atoms. The van der Waals surface area contributed by atoms with Crippen molar-refractivity contribution < 1.29 is 19.1 Å². The number of nitrogens with one attached hydrogen (secondary N) is 1. The summed E-state index contributed by atoms with van der Waals surface area (Å²) < 4.78 is 11.5. The van der Waals surface area contributed by atoms with Crippen LogP contribution < -0.4 is 20.7 Å². The van der Waals surface area contributed by atoms with Gasteiger partial charge in [0.1, 0.15) is 18.2 Å². The highest BCUT2D eigenvalue weighted by Crippen LogP contribution is 2.21. The van der Waals surface area contributed by atoms with Gasteiger partial charge in [0.25, 0.3) is 11.8 Å². The number of morpholine rings is 1. The average molecular weight is 461 g/mol. The molecular weight excluding hydrogens is 432 g/mol. The van der Waals surface area contributed by atoms with E-state index in [1.165, 1.54) is 0 Å². The molecule has 1 aliphatic heterocycles. The largest absolute Gasteiger partial charge is 0.488 e. The van der Waals surface area contributed by atoms with Crippen molar-refractivity contribution in [3.8, 4) is 5.75 Å². The maximum absolute atomic E-state index is 12.8. The number of carbonyl (C=O) groups excluding carboxylic acids is 2. The van der Waals surface area contributed by atoms with E-state index in [-0.39, 0.29) is 24.7 Å². The van der Waals surface area contributed by atoms with Gasteiger partial charge < -0.3 is 25.4 Å². The van der Waals surface area contributed by atoms with Gasteiger partial charge in [-0.3, -0.25) is 9.59 Å². The Morgan fingerprint density at radius 2 is 1.85 bits per heavy atom. The van der Waals surface area contributed by atoms with Crippen molar-refractivity contribution in [3.63, 3.8) is 0 Å². The van der Waals surface area contributed by atoms with E-state index in [0.717, 1.165) is 24.5 Å². The molecule has 4 rings (SSSR count). The predicted octanol–water partition coefficient (Wildman–Crippen LogP) is 3.63. The van der Waals surface area contributed by atoms with Gasteiger partial charge in [-0.1, -0.05) is 24.3 Å². The molecule has 0 aliphatic carbocycles. The number of para-hydroxylation sites is 1. The van der Waals surface area contributed by atoms with Crippen LogP contribution in [0.5, 0.6) is 5.75 Å². The summed E-state index contributed by atoms with van der Waals surface area (Å²) in [5.74, 6) is 0.457. The zero-order chi connectivity index (χ0) is 24.1. The lowest BCUT2D eigenvalue weighted by Crippen LogP contribution is -2.45. The molecule has 2 atom stereocenters. The van der Waals surface area contributed by atoms with Crippen molar-refractivity contribution in [1.29, 1.82) is 0 Å². The molecule has 3 N–H and O–H groups in total. The lowest BCUT2D eigenvalue weighted by atomic mass is 10.1. The fourth-order valence-electron chi connectivity index (χ4n) is 3.97. The van der Waals surface area contributed by atoms with Crippen molar-refractivity contribution in [2.75, 3.05) is 23.3 Å². The Balaban J connectivity index is 1.38. The molecule has 1 aromatic heterocycles. The van der Waals surface area contributed by atoms with Crippen molar-refractivity contribution in [1.82, 2.24) is 4.98 Å². The van der Waals surface area contributed by atoms with Crippen LogP contribution in [-0.2, 0) is 11.3 Å². The number of primary amides is 1. The van der Waals surface area contributed by atoms with Crippen LogP contribution in [0.4, 0.5) is 11.5 Å². The van der Waals surface area contributed by atoms with Gasteiger partial charge in [-0.05, 0) is 55.8 Å². The Hall–Kier alpha value is -3.91. The van der Waals surface area contributed by atoms with Crippen molar-refractivity contribution in [3.05, 3.63) is 83.6 Å². The number of hydrogen-bond acceptors (Lipinski definition) is 6. The first kappa shape index (κ1) is 23.3. The minimum atomic E-state index is -0.555. The van der Waals surface area contributed by atoms with Crippen molar-refractivity contribution in [2.45, 2.75) is 32.7 Å². The fraction of sp³-hybridized carbons (Fsp3) is 0.269. The molecule has 1 fully saturated rings. The Bertz CT molecular complexity index is 1160. The summed E-state index contributed by atoms with van der Waals surface area (Å²) in [6, 6.07) is 17.7. The number of aromatic nitrogens is 1. The molecule has 2 aromatic carbocycles. The maximum Gasteiger partial charge on any atom is 0.255 e. The molecule has 1 aliphatic rings. The van der Waals surface area contributed by atoms with Crippen LogP contribution in [0.3, 0.4) is 0 Å². The number of rotatable bonds is 7. The molecule has 0 spiro atoms. The van der Waals surface area contributed by atoms with Gasteiger partial charge in [0.15, 0.2) is 0 Å². The Morgan fingerprint density at radius 3 is 2.56 bits per heavy atom. The minimum absolute atomic E-state index is 0.144. The second kappa shape index (κ2) is 10.4. The normalized spacial score (nSPS) is 17.8. The second-order valence-electron chi connectivity index (χ2n) is 8.37. The van der Waals surface area contributed by atoms with Crippen molar-refractivity contribution in [2.24, 2.45) is 5.73 Å². The predicted molar refractivity (Wildman–Crippen MR) is 130 cm³/mol. The van der Waals surface area contributed by atoms with E-state index in [9.17, 15) is 9.59 Å². The number of anilines is 2. The molecule has 8 heteroatoms. The van der Waals surface area contributed by atoms with Gasteiger partial charge in [-0.25, -0.2) is 4.98 Å². The topological polar surface area (TPSA) is 107 Å². The summed E-state index contributed by atoms with van der Waals surface area (Å²) in [6.45, 7) is 5.85. The molecule has 8 nitrogen and oxygen atoms in total. The highest BCUT2D eigenvalue weighted by Gasteiger charge is 2.23. The number of benzene rings is 2. The summed E-state index contributed by atoms with van der Waals surface area (Å²) in [7, 11) is 0. The third-order valence-electron chi connectivity index (χ3n) is 5.49. The van der Waals surface area contributed by atoms with E-state index in [1.807, 2.05) is 32.0 Å². The van der Waals surface area contributed by atoms with Crippen LogP contribution in [0.15, 0.2) is 66.9 Å². The van der Waals surface area contributed by atoms with E-state index in [2.05, 4.69) is 15.2 Å². The first-order valence-corrected chi connectivity index (χ1v) is 11.2. The van der Waals surface area contributed by atoms with Crippen LogP contribution in [0.1, 0.15) is 40.1 Å². The monoisotopic (exact) mass is 460 g/mol. The summed E-state index contributed by atoms with van der Waals surface area (Å²) in [4.78, 5) is 31.1. The smallest absolute Gasteiger partial charge is 0.255 e. The van der Waals surface area contributed by atoms with Crippen LogP contribution in [0.25, 0.3) is 0 Å². The Kier molecular flexibility index (Phi) is 7.08. The highest BCUT2D eigenvalue weighted by molar-refractivity contribution is 6.04. The zero-order valence-electron chi connectivity index (χ0n) is 19.2. The second-order valence-corrected chi connectivity index (χ2v) is 8.37. The summed E-state index contributed by atoms with van der Waals surface area (Å²) in [5, 5.41) is 2.88. The third kappa shape index (κ3) is 5.71. The maximum atomic E-state index is 12.8. The number of ether oxygens (including phenoxy) is 2. The van der Waals surface area contributed by atoms with E-state index in [1.54, 1.807) is 48.7 Å². The van der Waals surface area contributed by atoms with Gasteiger partial charge in [0.05, 0.1) is 29.7 Å². The first-order chi connectivity index (χ1) is 16.4. The van der Waals surface area contributed by atoms with Crippen LogP contribution in [0, 0.1) is 0 Å². The molecule has 3 aromatic rings. The summed E-state index contributed by atoms with van der Waals surface area (Å²) in [6.07, 6.45) is 1.95. The molecular formula is C26H28N4O4. The van der Waals surface area contributed by atoms with Crippen molar-refractivity contribution >= 4 is 23.3 Å². The van der Waals surface area contributed by atoms with Gasteiger partial charge in [-0.15, -0.1) is 0 Å². The molecule has 0 saturated carbocycles. The Morgan fingerprint density at radius 1 is 1.09 bits per heavy atom. The van der Waals surface area contributed by atoms with Crippen LogP contribution in [-0.4, -0.2) is 42.1 Å².